The number of nitro benzene ring substituents is 1. The Morgan fingerprint density at radius 3 is 1.31 bits per heavy atom. The number of hydrogen-bond acceptors (Lipinski definition) is 32. The molecule has 1 heterocycles. The number of amides is 2. The molecule has 0 spiro atoms. The first-order valence-corrected chi connectivity index (χ1v) is 40.0. The number of nitrogens with two attached hydrogens (primary N) is 2. The third-order valence-electron chi connectivity index (χ3n) is 25.6. The van der Waals surface area contributed by atoms with Crippen LogP contribution in [0.1, 0.15) is 77.7 Å². The molecule has 0 aliphatic heterocycles. The molecular weight excluding hydrogens is 1630 g/mol. The molecule has 0 bridgehead atoms. The van der Waals surface area contributed by atoms with E-state index in [9.17, 15) is 119 Å². The van der Waals surface area contributed by atoms with Gasteiger partial charge in [0.15, 0.2) is 39.9 Å². The van der Waals surface area contributed by atoms with Gasteiger partial charge in [0.25, 0.3) is 17.5 Å². The highest BCUT2D eigenvalue weighted by molar-refractivity contribution is 6.27. The first kappa shape index (κ1) is 89.4. The van der Waals surface area contributed by atoms with E-state index in [4.69, 9.17) is 11.5 Å². The van der Waals surface area contributed by atoms with Gasteiger partial charge in [-0.1, -0.05) is 30.3 Å². The Kier molecular flexibility index (Phi) is 23.6. The molecule has 37 heteroatoms. The van der Waals surface area contributed by atoms with Crippen molar-refractivity contribution in [3.05, 3.63) is 191 Å². The molecule has 3 saturated carbocycles. The highest BCUT2D eigenvalue weighted by Crippen LogP contribution is 2.59. The van der Waals surface area contributed by atoms with Crippen molar-refractivity contribution in [3.8, 4) is 28.4 Å². The van der Waals surface area contributed by atoms with Gasteiger partial charge in [0.05, 0.1) is 69.4 Å². The van der Waals surface area contributed by atoms with E-state index in [2.05, 4.69) is 26.1 Å². The van der Waals surface area contributed by atoms with Crippen LogP contribution in [0.25, 0.3) is 28.4 Å². The van der Waals surface area contributed by atoms with Crippen LogP contribution in [0.2, 0.25) is 0 Å². The molecular formula is C88H98FN13O23. The van der Waals surface area contributed by atoms with Crippen molar-refractivity contribution in [2.75, 3.05) is 103 Å². The highest BCUT2D eigenvalue weighted by Gasteiger charge is 2.68. The number of nitro groups is 1. The summed E-state index contributed by atoms with van der Waals surface area (Å²) in [5.74, 6) is -20.0. The third kappa shape index (κ3) is 14.5. The van der Waals surface area contributed by atoms with Gasteiger partial charge < -0.3 is 98.5 Å². The standard InChI is InChI=1S/C31H33FN2O7.C30H33N5O9.C27H32N6O7/c1-14(13-32)33-18-7-5-16(6-8-18)19-9-10-22(36)25-20(19)11-17-12-21-26(34(3)4)28(38)23(15(2)35)29(39)31(21,41)30(40)24(17)27(25)37;1-33(2)19-11-18(32-12-13-5-7-15(8-6-13)35(43)44)24(36)21-16(19)9-14-10-17-23(34(3)4)26(38)22(29(31)41)28(40)30(17,42)27(39)20(14)25(21)37;1-32(2)16-9-15(29-10-12-5-6-30-31-12)21(34)18-13(16)7-11-8-14-20(33(3)4)23(36)19(26(28)39)25(38)27(14,40)24(37)17(11)22(18)35/h5-10,14,17,21,26,33,36-37,39,41H,11-13H2,1-4H3;5-8,11,14,17,23,32,36-37,40,42H,9-10,12H2,1-4H3,(H2,31,41);5-6,9,11,14,20,29,34-35,38,40H,7-8,10H2,1-4H3,(H2,28,39)(H,30,31)/t14?,17-,21-,26-,31+;14-,17-,23-,30-;11-,14-,20-,27-/m000/s1. The molecule has 0 saturated heterocycles. The Bertz CT molecular complexity index is 5810. The van der Waals surface area contributed by atoms with Crippen LogP contribution in [0.15, 0.2) is 136 Å². The zero-order chi connectivity index (χ0) is 91.6. The number of nitrogens with one attached hydrogen (secondary N) is 4. The van der Waals surface area contributed by atoms with Gasteiger partial charge in [0.2, 0.25) is 17.3 Å². The summed E-state index contributed by atoms with van der Waals surface area (Å²) in [4.78, 5) is 137. The van der Waals surface area contributed by atoms with Gasteiger partial charge in [-0.2, -0.15) is 5.10 Å². The molecule has 3 fully saturated rings. The zero-order valence-electron chi connectivity index (χ0n) is 70.2. The van der Waals surface area contributed by atoms with Gasteiger partial charge in [-0.25, -0.2) is 4.39 Å². The van der Waals surface area contributed by atoms with Crippen molar-refractivity contribution < 1.29 is 114 Å². The summed E-state index contributed by atoms with van der Waals surface area (Å²) in [5.41, 5.74) is 6.83. The lowest BCUT2D eigenvalue weighted by molar-refractivity contribution is -0.384. The number of carbonyl (C=O) groups is 9. The molecule has 15 rings (SSSR count). The molecule has 9 aliphatic carbocycles. The molecule has 0 radical (unpaired) electrons. The summed E-state index contributed by atoms with van der Waals surface area (Å²) in [6, 6.07) is 17.6. The highest BCUT2D eigenvalue weighted by atomic mass is 19.1. The van der Waals surface area contributed by atoms with Crippen LogP contribution in [0.5, 0.6) is 17.2 Å². The average Bonchev–Trinajstić information content (AvgIpc) is 0.873. The van der Waals surface area contributed by atoms with E-state index in [-0.39, 0.29) is 125 Å². The fraction of sp³-hybridized carbons (Fsp3) is 0.386. The monoisotopic (exact) mass is 1720 g/mol. The van der Waals surface area contributed by atoms with Gasteiger partial charge in [0.1, 0.15) is 75.2 Å². The molecule has 660 valence electrons. The SMILES string of the molecule is CC(=O)C1=C(O)[C@@]2(O)C(=O)C3=C(O)c4c(O)ccc(-c5ccc(NC(C)CF)cc5)c4C[C@H]3C[C@H]2[C@H](N(C)C)C1=O.CN(C)c1cc(NCc2ccc([N+](=O)[O-])cc2)c(O)c2c1C[C@H]1C[C@H]3[C@H](N(C)C)C(=O)C(C(N)=O)=C(O)[C@@]3(O)C(=O)C1=C2O.CN(C)c1cc(NCc2ccn[nH]2)c(O)c2c1C[C@H]1C[C@H]3[C@H](N(C)C)C(=O)C(C(N)=O)=C(O)[C@@]3(O)C(=O)C1=C2O. The molecule has 36 nitrogen and oxygen atoms in total. The number of aromatic amines is 1. The molecule has 125 heavy (non-hydrogen) atoms. The lowest BCUT2D eigenvalue weighted by Gasteiger charge is -2.50. The minimum Gasteiger partial charge on any atom is -0.508 e. The van der Waals surface area contributed by atoms with Crippen LogP contribution in [0.3, 0.4) is 0 Å². The van der Waals surface area contributed by atoms with Gasteiger partial charge in [-0.3, -0.25) is 73.1 Å². The lowest BCUT2D eigenvalue weighted by atomic mass is 9.57. The van der Waals surface area contributed by atoms with Crippen LogP contribution in [-0.2, 0) is 75.5 Å². The Morgan fingerprint density at radius 2 is 0.944 bits per heavy atom. The van der Waals surface area contributed by atoms with E-state index in [0.717, 1.165) is 23.9 Å². The second kappa shape index (κ2) is 33.1. The Morgan fingerprint density at radius 1 is 0.552 bits per heavy atom. The summed E-state index contributed by atoms with van der Waals surface area (Å²) >= 11 is 0. The van der Waals surface area contributed by atoms with Crippen LogP contribution in [0.4, 0.5) is 38.5 Å². The molecule has 1 aromatic heterocycles. The predicted octanol–water partition coefficient (Wildman–Crippen LogP) is 5.42. The summed E-state index contributed by atoms with van der Waals surface area (Å²) in [7, 11) is 16.5. The van der Waals surface area contributed by atoms with Gasteiger partial charge in [-0.05, 0) is 182 Å². The largest absolute Gasteiger partial charge is 0.508 e. The number of aromatic nitrogens is 2. The van der Waals surface area contributed by atoms with Crippen molar-refractivity contribution >= 4 is 104 Å². The zero-order valence-corrected chi connectivity index (χ0v) is 70.2. The van der Waals surface area contributed by atoms with Crippen LogP contribution in [-0.4, -0.2) is 262 Å². The molecule has 20 N–H and O–H groups in total. The number of primary amides is 2. The van der Waals surface area contributed by atoms with E-state index in [1.54, 1.807) is 123 Å². The molecule has 2 amide bonds. The van der Waals surface area contributed by atoms with Crippen LogP contribution < -0.4 is 37.2 Å². The number of aromatic hydroxyl groups is 3. The molecule has 1 unspecified atom stereocenters. The lowest BCUT2D eigenvalue weighted by Crippen LogP contribution is -2.65. The topological polar surface area (TPSA) is 573 Å². The molecule has 5 aromatic carbocycles. The number of carbonyl (C=O) groups excluding carboxylic acids is 9. The van der Waals surface area contributed by atoms with E-state index in [1.807, 2.05) is 31.1 Å². The van der Waals surface area contributed by atoms with Gasteiger partial charge in [0, 0.05) is 105 Å². The van der Waals surface area contributed by atoms with Crippen molar-refractivity contribution in [2.24, 2.45) is 47.0 Å². The summed E-state index contributed by atoms with van der Waals surface area (Å²) in [6.07, 6.45) is 2.21. The number of hydrogen-bond donors (Lipinski definition) is 18. The number of anilines is 5. The van der Waals surface area contributed by atoms with E-state index >= 15 is 0 Å². The Balaban J connectivity index is 0.000000161. The fourth-order valence-corrected chi connectivity index (χ4v) is 19.8. The fourth-order valence-electron chi connectivity index (χ4n) is 19.8. The number of phenolic OH excluding ortho intramolecular Hbond substituents is 3. The normalized spacial score (nSPS) is 25.6. The van der Waals surface area contributed by atoms with Crippen molar-refractivity contribution in [2.45, 2.75) is 106 Å². The number of halogens is 1. The number of phenols is 3. The number of H-pyrrole nitrogens is 1. The van der Waals surface area contributed by atoms with Gasteiger partial charge in [-0.15, -0.1) is 0 Å². The third-order valence-corrected chi connectivity index (χ3v) is 25.6. The number of likely N-dealkylation sites (N-methyl/N-ethyl adjacent to an activating group) is 3. The molecule has 6 aromatic rings. The number of benzene rings is 5. The molecule has 13 atom stereocenters. The van der Waals surface area contributed by atoms with E-state index in [0.29, 0.717) is 39.2 Å². The van der Waals surface area contributed by atoms with Crippen LogP contribution in [0, 0.1) is 45.6 Å². The minimum atomic E-state index is -2.73. The van der Waals surface area contributed by atoms with E-state index in [1.165, 1.54) is 32.9 Å². The Labute approximate surface area is 714 Å². The van der Waals surface area contributed by atoms with Crippen molar-refractivity contribution in [1.82, 2.24) is 24.9 Å². The number of aliphatic hydroxyl groups excluding tert-OH is 6. The number of non-ortho nitro benzene ring substituents is 1. The maximum absolute atomic E-state index is 14.1. The average molecular weight is 1720 g/mol. The summed E-state index contributed by atoms with van der Waals surface area (Å²) in [6.45, 7) is 2.72. The molecule has 9 aliphatic rings. The first-order valence-electron chi connectivity index (χ1n) is 40.0. The number of ketones is 7. The Hall–Kier alpha value is -13.3. The second-order valence-corrected chi connectivity index (χ2v) is 34.1. The van der Waals surface area contributed by atoms with E-state index < -0.39 is 186 Å². The number of Topliss-reactive ketones (excluding diaryl/α,β-unsaturated/α-hetero) is 7. The number of alkyl halides is 1. The maximum Gasteiger partial charge on any atom is 0.269 e. The second-order valence-electron chi connectivity index (χ2n) is 34.1. The number of aliphatic hydroxyl groups is 9. The summed E-state index contributed by atoms with van der Waals surface area (Å²) in [5, 5.41) is 163. The minimum absolute atomic E-state index is 0.0143. The van der Waals surface area contributed by atoms with Gasteiger partial charge >= 0.3 is 0 Å². The summed E-state index contributed by atoms with van der Waals surface area (Å²) < 4.78 is 12.9. The number of rotatable bonds is 19. The van der Waals surface area contributed by atoms with Crippen molar-refractivity contribution in [1.29, 1.82) is 0 Å². The number of fused-ring (bicyclic) bond motifs is 9. The smallest absolute Gasteiger partial charge is 0.269 e. The maximum atomic E-state index is 14.1. The first-order chi connectivity index (χ1) is 58.7. The number of nitrogens with zero attached hydrogens (tertiary/aromatic N) is 7. The predicted molar refractivity (Wildman–Crippen MR) is 454 cm³/mol. The van der Waals surface area contributed by atoms with Crippen LogP contribution >= 0.6 is 0 Å². The van der Waals surface area contributed by atoms with Crippen molar-refractivity contribution in [3.63, 3.8) is 0 Å². The quantitative estimate of drug-likeness (QED) is 0.0208.